The fourth-order valence-corrected chi connectivity index (χ4v) is 5.65. The number of sulfonamides is 1. The van der Waals surface area contributed by atoms with E-state index in [4.69, 9.17) is 9.52 Å². The third kappa shape index (κ3) is 4.03. The molecule has 0 bridgehead atoms. The number of hydrogen-bond donors (Lipinski definition) is 1. The Bertz CT molecular complexity index is 801. The zero-order chi connectivity index (χ0) is 19.6. The first kappa shape index (κ1) is 19.9. The molecule has 1 amide bonds. The van der Waals surface area contributed by atoms with Crippen molar-refractivity contribution in [1.82, 2.24) is 9.21 Å². The SMILES string of the molecule is CCCC1CCCN(C(=O)C2CCCN2S(=O)(=O)c2ccc(C(=O)O)o2)C1. The largest absolute Gasteiger partial charge is 0.475 e. The summed E-state index contributed by atoms with van der Waals surface area (Å²) >= 11 is 0. The van der Waals surface area contributed by atoms with Gasteiger partial charge in [0, 0.05) is 19.6 Å². The van der Waals surface area contributed by atoms with Gasteiger partial charge in [0.15, 0.2) is 0 Å². The molecule has 3 rings (SSSR count). The van der Waals surface area contributed by atoms with Crippen molar-refractivity contribution >= 4 is 21.9 Å². The average molecular weight is 398 g/mol. The Balaban J connectivity index is 1.77. The van der Waals surface area contributed by atoms with Crippen LogP contribution in [0.1, 0.15) is 56.0 Å². The molecule has 0 radical (unpaired) electrons. The van der Waals surface area contributed by atoms with E-state index in [0.717, 1.165) is 37.8 Å². The number of aromatic carboxylic acids is 1. The van der Waals surface area contributed by atoms with Crippen molar-refractivity contribution in [3.8, 4) is 0 Å². The van der Waals surface area contributed by atoms with E-state index in [1.54, 1.807) is 4.90 Å². The number of likely N-dealkylation sites (tertiary alicyclic amines) is 1. The molecule has 2 aliphatic rings. The quantitative estimate of drug-likeness (QED) is 0.787. The van der Waals surface area contributed by atoms with Crippen molar-refractivity contribution in [2.75, 3.05) is 19.6 Å². The summed E-state index contributed by atoms with van der Waals surface area (Å²) in [5, 5.41) is 8.52. The van der Waals surface area contributed by atoms with Gasteiger partial charge in [-0.2, -0.15) is 4.31 Å². The molecule has 8 nitrogen and oxygen atoms in total. The molecule has 150 valence electrons. The van der Waals surface area contributed by atoms with E-state index >= 15 is 0 Å². The van der Waals surface area contributed by atoms with Crippen LogP contribution < -0.4 is 0 Å². The van der Waals surface area contributed by atoms with E-state index in [0.29, 0.717) is 31.8 Å². The summed E-state index contributed by atoms with van der Waals surface area (Å²) in [5.74, 6) is -1.45. The molecule has 3 heterocycles. The minimum Gasteiger partial charge on any atom is -0.475 e. The molecule has 0 aromatic carbocycles. The zero-order valence-corrected chi connectivity index (χ0v) is 16.3. The highest BCUT2D eigenvalue weighted by molar-refractivity contribution is 7.89. The first-order valence-electron chi connectivity index (χ1n) is 9.48. The maximum atomic E-state index is 13.0. The van der Waals surface area contributed by atoms with Gasteiger partial charge < -0.3 is 14.4 Å². The number of piperidine rings is 1. The highest BCUT2D eigenvalue weighted by Crippen LogP contribution is 2.30. The number of furan rings is 1. The summed E-state index contributed by atoms with van der Waals surface area (Å²) < 4.78 is 32.0. The predicted octanol–water partition coefficient (Wildman–Crippen LogP) is 2.17. The lowest BCUT2D eigenvalue weighted by molar-refractivity contribution is -0.136. The molecule has 2 fully saturated rings. The predicted molar refractivity (Wildman–Crippen MR) is 96.8 cm³/mol. The van der Waals surface area contributed by atoms with Gasteiger partial charge >= 0.3 is 5.97 Å². The number of amides is 1. The normalized spacial score (nSPS) is 24.3. The lowest BCUT2D eigenvalue weighted by Crippen LogP contribution is -2.50. The number of rotatable bonds is 6. The Morgan fingerprint density at radius 1 is 1.22 bits per heavy atom. The first-order chi connectivity index (χ1) is 12.8. The first-order valence-corrected chi connectivity index (χ1v) is 10.9. The van der Waals surface area contributed by atoms with Gasteiger partial charge in [-0.15, -0.1) is 0 Å². The van der Waals surface area contributed by atoms with Crippen LogP contribution in [0.2, 0.25) is 0 Å². The number of nitrogens with zero attached hydrogens (tertiary/aromatic N) is 2. The Labute approximate surface area is 159 Å². The molecule has 27 heavy (non-hydrogen) atoms. The highest BCUT2D eigenvalue weighted by Gasteiger charge is 2.43. The minimum absolute atomic E-state index is 0.151. The van der Waals surface area contributed by atoms with Gasteiger partial charge in [0.2, 0.25) is 16.8 Å². The summed E-state index contributed by atoms with van der Waals surface area (Å²) in [6.45, 7) is 3.70. The fraction of sp³-hybridized carbons (Fsp3) is 0.667. The molecular formula is C18H26N2O6S. The molecule has 9 heteroatoms. The van der Waals surface area contributed by atoms with Crippen molar-refractivity contribution < 1.29 is 27.5 Å². The molecule has 0 spiro atoms. The van der Waals surface area contributed by atoms with Gasteiger partial charge in [-0.1, -0.05) is 13.3 Å². The van der Waals surface area contributed by atoms with Gasteiger partial charge in [-0.25, -0.2) is 13.2 Å². The van der Waals surface area contributed by atoms with Crippen LogP contribution in [0.25, 0.3) is 0 Å². The van der Waals surface area contributed by atoms with E-state index < -0.39 is 32.9 Å². The Morgan fingerprint density at radius 2 is 1.96 bits per heavy atom. The molecule has 2 unspecified atom stereocenters. The van der Waals surface area contributed by atoms with Gasteiger partial charge in [0.25, 0.3) is 10.0 Å². The Kier molecular flexibility index (Phi) is 5.90. The second-order valence-corrected chi connectivity index (χ2v) is 9.10. The minimum atomic E-state index is -4.05. The molecular weight excluding hydrogens is 372 g/mol. The third-order valence-electron chi connectivity index (χ3n) is 5.37. The monoisotopic (exact) mass is 398 g/mol. The molecule has 2 saturated heterocycles. The van der Waals surface area contributed by atoms with Gasteiger partial charge in [-0.05, 0) is 50.2 Å². The summed E-state index contributed by atoms with van der Waals surface area (Å²) in [6.07, 6.45) is 5.25. The van der Waals surface area contributed by atoms with Gasteiger partial charge in [0.1, 0.15) is 6.04 Å². The highest BCUT2D eigenvalue weighted by atomic mass is 32.2. The van der Waals surface area contributed by atoms with Crippen LogP contribution >= 0.6 is 0 Å². The fourth-order valence-electron chi connectivity index (χ4n) is 4.08. The van der Waals surface area contributed by atoms with Crippen LogP contribution in [0.5, 0.6) is 0 Å². The Hall–Kier alpha value is -1.87. The van der Waals surface area contributed by atoms with Gasteiger partial charge in [0.05, 0.1) is 0 Å². The topological polar surface area (TPSA) is 108 Å². The van der Waals surface area contributed by atoms with E-state index in [-0.39, 0.29) is 12.5 Å². The second kappa shape index (κ2) is 8.02. The summed E-state index contributed by atoms with van der Waals surface area (Å²) in [5.41, 5.74) is 0. The lowest BCUT2D eigenvalue weighted by atomic mass is 9.93. The lowest BCUT2D eigenvalue weighted by Gasteiger charge is -2.35. The van der Waals surface area contributed by atoms with E-state index in [9.17, 15) is 18.0 Å². The van der Waals surface area contributed by atoms with Crippen LogP contribution in [-0.4, -0.2) is 60.3 Å². The molecule has 2 atom stereocenters. The summed E-state index contributed by atoms with van der Waals surface area (Å²) in [7, 11) is -4.05. The summed E-state index contributed by atoms with van der Waals surface area (Å²) in [4.78, 5) is 25.8. The van der Waals surface area contributed by atoms with Crippen molar-refractivity contribution in [1.29, 1.82) is 0 Å². The third-order valence-corrected chi connectivity index (χ3v) is 7.15. The van der Waals surface area contributed by atoms with Crippen LogP contribution in [0.4, 0.5) is 0 Å². The smallest absolute Gasteiger partial charge is 0.371 e. The van der Waals surface area contributed by atoms with Crippen LogP contribution in [0.15, 0.2) is 21.6 Å². The number of hydrogen-bond acceptors (Lipinski definition) is 5. The number of carboxylic acid groups (broad SMARTS) is 1. The van der Waals surface area contributed by atoms with E-state index in [2.05, 4.69) is 6.92 Å². The molecule has 1 N–H and O–H groups in total. The van der Waals surface area contributed by atoms with E-state index in [1.165, 1.54) is 4.31 Å². The summed E-state index contributed by atoms with van der Waals surface area (Å²) in [6, 6.07) is 1.51. The van der Waals surface area contributed by atoms with E-state index in [1.807, 2.05) is 0 Å². The maximum Gasteiger partial charge on any atom is 0.371 e. The maximum absolute atomic E-state index is 13.0. The second-order valence-electron chi connectivity index (χ2n) is 7.28. The molecule has 1 aromatic rings. The molecule has 0 saturated carbocycles. The van der Waals surface area contributed by atoms with Gasteiger partial charge in [-0.3, -0.25) is 4.79 Å². The van der Waals surface area contributed by atoms with Crippen molar-refractivity contribution in [3.63, 3.8) is 0 Å². The number of carbonyl (C=O) groups is 2. The van der Waals surface area contributed by atoms with Crippen LogP contribution in [0, 0.1) is 5.92 Å². The van der Waals surface area contributed by atoms with Crippen molar-refractivity contribution in [2.24, 2.45) is 5.92 Å². The number of carbonyl (C=O) groups excluding carboxylic acids is 1. The molecule has 1 aromatic heterocycles. The van der Waals surface area contributed by atoms with Crippen LogP contribution in [0.3, 0.4) is 0 Å². The molecule has 0 aliphatic carbocycles. The Morgan fingerprint density at radius 3 is 2.63 bits per heavy atom. The van der Waals surface area contributed by atoms with Crippen LogP contribution in [-0.2, 0) is 14.8 Å². The molecule has 2 aliphatic heterocycles. The average Bonchev–Trinajstić information content (AvgIpc) is 3.32. The standard InChI is InChI=1S/C18H26N2O6S/c1-2-5-13-6-3-10-19(12-13)17(21)14-7-4-11-20(14)27(24,25)16-9-8-15(26-16)18(22)23/h8-9,13-14H,2-7,10-12H2,1H3,(H,22,23). The van der Waals surface area contributed by atoms with Crippen molar-refractivity contribution in [3.05, 3.63) is 17.9 Å². The zero-order valence-electron chi connectivity index (χ0n) is 15.5. The number of carboxylic acids is 1. The van der Waals surface area contributed by atoms with Crippen molar-refractivity contribution in [2.45, 2.75) is 56.6 Å².